The summed E-state index contributed by atoms with van der Waals surface area (Å²) in [5.41, 5.74) is 2.26. The highest BCUT2D eigenvalue weighted by atomic mass is 16.6. The van der Waals surface area contributed by atoms with Gasteiger partial charge in [-0.05, 0) is 38.1 Å². The van der Waals surface area contributed by atoms with Crippen molar-refractivity contribution in [1.29, 1.82) is 0 Å². The van der Waals surface area contributed by atoms with E-state index in [1.165, 1.54) is 26.0 Å². The van der Waals surface area contributed by atoms with Gasteiger partial charge >= 0.3 is 11.9 Å². The molecule has 1 amide bonds. The lowest BCUT2D eigenvalue weighted by molar-refractivity contribution is -0.385. The van der Waals surface area contributed by atoms with E-state index in [2.05, 4.69) is 33.7 Å². The van der Waals surface area contributed by atoms with Gasteiger partial charge < -0.3 is 24.8 Å². The summed E-state index contributed by atoms with van der Waals surface area (Å²) in [6, 6.07) is 13.9. The molecule has 0 unspecified atom stereocenters. The Kier molecular flexibility index (Phi) is 12.8. The first-order valence-electron chi connectivity index (χ1n) is 13.5. The Bertz CT molecular complexity index is 1230. The van der Waals surface area contributed by atoms with Crippen molar-refractivity contribution in [2.75, 3.05) is 49.1 Å². The van der Waals surface area contributed by atoms with Crippen molar-refractivity contribution in [3.8, 4) is 0 Å². The summed E-state index contributed by atoms with van der Waals surface area (Å²) in [5, 5.41) is 24.5. The number of hydrogen-bond acceptors (Lipinski definition) is 11. The Morgan fingerprint density at radius 2 is 1.21 bits per heavy atom. The normalized spacial score (nSPS) is 18.0. The van der Waals surface area contributed by atoms with Crippen LogP contribution in [-0.4, -0.2) is 83.9 Å². The van der Waals surface area contributed by atoms with E-state index in [0.29, 0.717) is 19.1 Å². The van der Waals surface area contributed by atoms with E-state index in [0.717, 1.165) is 37.6 Å². The Hall–Kier alpha value is -4.59. The number of hydrogen-bond donors (Lipinski definition) is 1. The zero-order valence-electron chi connectivity index (χ0n) is 24.5. The molecule has 0 bridgehead atoms. The smallest absolute Gasteiger partial charge is 0.310 e. The van der Waals surface area contributed by atoms with Gasteiger partial charge in [0.05, 0.1) is 9.85 Å². The van der Waals surface area contributed by atoms with Gasteiger partial charge in [-0.25, -0.2) is 0 Å². The first-order valence-corrected chi connectivity index (χ1v) is 13.5. The number of nitro benzene ring substituents is 2. The second kappa shape index (κ2) is 16.0. The Morgan fingerprint density at radius 3 is 1.55 bits per heavy atom. The van der Waals surface area contributed by atoms with Crippen LogP contribution in [0.3, 0.4) is 0 Å². The van der Waals surface area contributed by atoms with E-state index in [9.17, 15) is 34.6 Å². The average Bonchev–Trinajstić information content (AvgIpc) is 2.93. The monoisotopic (exact) mass is 586 g/mol. The molecule has 2 heterocycles. The number of nitrogens with one attached hydrogen (secondary N) is 1. The third-order valence-electron chi connectivity index (χ3n) is 6.65. The molecule has 2 aliphatic heterocycles. The van der Waals surface area contributed by atoms with E-state index < -0.39 is 16.9 Å². The number of benzene rings is 2. The number of ether oxygens (including phenoxy) is 1. The molecule has 14 heteroatoms. The quantitative estimate of drug-likeness (QED) is 0.242. The highest BCUT2D eigenvalue weighted by Gasteiger charge is 2.25. The first-order chi connectivity index (χ1) is 19.8. The molecule has 0 saturated carbocycles. The predicted molar refractivity (Wildman–Crippen MR) is 157 cm³/mol. The van der Waals surface area contributed by atoms with Crippen molar-refractivity contribution in [3.63, 3.8) is 0 Å². The summed E-state index contributed by atoms with van der Waals surface area (Å²) >= 11 is 0. The highest BCUT2D eigenvalue weighted by molar-refractivity contribution is 5.82. The van der Waals surface area contributed by atoms with Crippen molar-refractivity contribution < 1.29 is 29.0 Å². The topological polar surface area (TPSA) is 168 Å². The largest absolute Gasteiger partial charge is 0.394 e. The number of non-ortho nitro benzene ring substituents is 2. The Balaban J connectivity index is 0.000000243. The maximum absolute atomic E-state index is 11.3. The number of carbonyl (C=O) groups excluding carboxylic acids is 3. The van der Waals surface area contributed by atoms with Gasteiger partial charge in [0.1, 0.15) is 0 Å². The van der Waals surface area contributed by atoms with Crippen LogP contribution in [0.15, 0.2) is 48.5 Å². The minimum absolute atomic E-state index is 0.0928. The lowest BCUT2D eigenvalue weighted by Gasteiger charge is -2.40. The molecular formula is C28H38N6O8. The summed E-state index contributed by atoms with van der Waals surface area (Å²) < 4.78 is 3.97. The second-order valence-electron chi connectivity index (χ2n) is 9.89. The van der Waals surface area contributed by atoms with E-state index in [-0.39, 0.29) is 28.2 Å². The molecule has 2 aliphatic rings. The third kappa shape index (κ3) is 10.4. The number of piperazine rings is 2. The third-order valence-corrected chi connectivity index (χ3v) is 6.65. The van der Waals surface area contributed by atoms with Crippen LogP contribution in [-0.2, 0) is 19.1 Å². The van der Waals surface area contributed by atoms with Gasteiger partial charge in [0.2, 0.25) is 5.91 Å². The van der Waals surface area contributed by atoms with Crippen molar-refractivity contribution >= 4 is 40.6 Å². The lowest BCUT2D eigenvalue weighted by Crippen LogP contribution is -2.53. The molecule has 2 saturated heterocycles. The number of nitro groups is 2. The minimum atomic E-state index is -0.562. The number of anilines is 2. The fourth-order valence-electron chi connectivity index (χ4n) is 4.59. The molecule has 2 atom stereocenters. The van der Waals surface area contributed by atoms with Crippen molar-refractivity contribution in [3.05, 3.63) is 68.8 Å². The molecule has 1 N–H and O–H groups in total. The maximum Gasteiger partial charge on any atom is 0.310 e. The van der Waals surface area contributed by atoms with Crippen LogP contribution in [0, 0.1) is 20.2 Å². The van der Waals surface area contributed by atoms with Crippen LogP contribution >= 0.6 is 0 Å². The molecule has 2 aromatic rings. The van der Waals surface area contributed by atoms with Gasteiger partial charge in [0, 0.05) is 108 Å². The fourth-order valence-corrected chi connectivity index (χ4v) is 4.59. The van der Waals surface area contributed by atoms with Gasteiger partial charge in [0.15, 0.2) is 0 Å². The molecule has 2 fully saturated rings. The molecule has 0 aromatic heterocycles. The lowest BCUT2D eigenvalue weighted by atomic mass is 10.1. The van der Waals surface area contributed by atoms with E-state index in [4.69, 9.17) is 0 Å². The molecule has 4 rings (SSSR count). The highest BCUT2D eigenvalue weighted by Crippen LogP contribution is 2.24. The van der Waals surface area contributed by atoms with Gasteiger partial charge in [0.25, 0.3) is 11.4 Å². The van der Waals surface area contributed by atoms with Crippen LogP contribution in [0.4, 0.5) is 22.7 Å². The van der Waals surface area contributed by atoms with Gasteiger partial charge in [-0.2, -0.15) is 0 Å². The van der Waals surface area contributed by atoms with Crippen LogP contribution in [0.25, 0.3) is 0 Å². The molecule has 14 nitrogen and oxygen atoms in total. The Morgan fingerprint density at radius 1 is 0.762 bits per heavy atom. The first kappa shape index (κ1) is 33.6. The molecular weight excluding hydrogens is 548 g/mol. The summed E-state index contributed by atoms with van der Waals surface area (Å²) in [6.07, 6.45) is 0. The molecule has 0 aliphatic carbocycles. The SMILES string of the molecule is CC(=O)N1CCN(c2ccc([N+](=O)[O-])cc2)[C@H](C)C1.CC(=O)OC(C)=O.C[C@@H]1CNCCN1c1ccc([N+](=O)[O-])cc1. The molecule has 42 heavy (non-hydrogen) atoms. The summed E-state index contributed by atoms with van der Waals surface area (Å²) in [5.74, 6) is -1.03. The zero-order valence-corrected chi connectivity index (χ0v) is 24.5. The number of esters is 2. The summed E-state index contributed by atoms with van der Waals surface area (Å²) in [4.78, 5) is 57.6. The number of nitrogens with zero attached hydrogens (tertiary/aromatic N) is 5. The van der Waals surface area contributed by atoms with E-state index in [1.54, 1.807) is 31.2 Å². The van der Waals surface area contributed by atoms with Crippen molar-refractivity contribution in [2.24, 2.45) is 0 Å². The molecule has 2 aromatic carbocycles. The second-order valence-corrected chi connectivity index (χ2v) is 9.89. The molecule has 0 radical (unpaired) electrons. The van der Waals surface area contributed by atoms with Gasteiger partial charge in [-0.3, -0.25) is 34.6 Å². The van der Waals surface area contributed by atoms with Crippen LogP contribution < -0.4 is 15.1 Å². The zero-order chi connectivity index (χ0) is 31.4. The minimum Gasteiger partial charge on any atom is -0.394 e. The van der Waals surface area contributed by atoms with Crippen LogP contribution in [0.5, 0.6) is 0 Å². The summed E-state index contributed by atoms with van der Waals surface area (Å²) in [6.45, 7) is 13.1. The maximum atomic E-state index is 11.3. The van der Waals surface area contributed by atoms with E-state index in [1.807, 2.05) is 17.0 Å². The van der Waals surface area contributed by atoms with Crippen molar-refractivity contribution in [2.45, 2.75) is 46.7 Å². The van der Waals surface area contributed by atoms with Crippen LogP contribution in [0.1, 0.15) is 34.6 Å². The van der Waals surface area contributed by atoms with Gasteiger partial charge in [-0.1, -0.05) is 0 Å². The molecule has 0 spiro atoms. The number of amides is 1. The Labute approximate surface area is 244 Å². The van der Waals surface area contributed by atoms with E-state index >= 15 is 0 Å². The molecule has 228 valence electrons. The van der Waals surface area contributed by atoms with Crippen molar-refractivity contribution in [1.82, 2.24) is 10.2 Å². The fraction of sp³-hybridized carbons (Fsp3) is 0.464. The average molecular weight is 587 g/mol. The van der Waals surface area contributed by atoms with Crippen LogP contribution in [0.2, 0.25) is 0 Å². The number of carbonyl (C=O) groups is 3. The predicted octanol–water partition coefficient (Wildman–Crippen LogP) is 3.14. The summed E-state index contributed by atoms with van der Waals surface area (Å²) in [7, 11) is 0. The number of rotatable bonds is 4. The standard InChI is InChI=1S/C13H17N3O3.C11H15N3O2.C4H6O3/c1-10-9-14(11(2)17)7-8-15(10)12-3-5-13(6-4-12)16(18)19;1-9-8-12-6-7-13(9)10-2-4-11(5-3-10)14(15)16;1-3(5)7-4(2)6/h3-6,10H,7-9H2,1-2H3;2-5,9,12H,6-8H2,1H3;1-2H3/t10-;9-;/m11./s1. The van der Waals surface area contributed by atoms with Gasteiger partial charge in [-0.15, -0.1) is 0 Å².